The van der Waals surface area contributed by atoms with Crippen molar-refractivity contribution in [1.29, 1.82) is 0 Å². The molecule has 0 bridgehead atoms. The molecule has 0 aromatic rings. The van der Waals surface area contributed by atoms with Gasteiger partial charge in [0.25, 0.3) is 0 Å². The normalized spacial score (nSPS) is 26.2. The van der Waals surface area contributed by atoms with E-state index in [1.807, 2.05) is 54.7 Å². The summed E-state index contributed by atoms with van der Waals surface area (Å²) in [5.41, 5.74) is 0. The molecule has 2 saturated heterocycles. The van der Waals surface area contributed by atoms with E-state index in [4.69, 9.17) is 28.4 Å². The summed E-state index contributed by atoms with van der Waals surface area (Å²) in [5, 5.41) is 72.0. The Morgan fingerprint density at radius 2 is 0.926 bits per heavy atom. The molecule has 0 aromatic heterocycles. The van der Waals surface area contributed by atoms with Gasteiger partial charge in [0.1, 0.15) is 55.4 Å². The maximum atomic E-state index is 12.9. The first-order chi connectivity index (χ1) is 33.0. The van der Waals surface area contributed by atoms with Crippen molar-refractivity contribution in [2.75, 3.05) is 26.4 Å². The Labute approximate surface area is 407 Å². The minimum Gasteiger partial charge on any atom is -0.462 e. The summed E-state index contributed by atoms with van der Waals surface area (Å²) in [6.45, 7) is 2.37. The molecule has 0 spiro atoms. The van der Waals surface area contributed by atoms with Crippen LogP contribution in [0.2, 0.25) is 0 Å². The van der Waals surface area contributed by atoms with Crippen LogP contribution in [0.4, 0.5) is 0 Å². The minimum absolute atomic E-state index is 0.0681. The number of rotatable bonds is 39. The van der Waals surface area contributed by atoms with Gasteiger partial charge in [0.15, 0.2) is 18.7 Å². The molecule has 0 aromatic carbocycles. The predicted octanol–water partition coefficient (Wildman–Crippen LogP) is 7.27. The van der Waals surface area contributed by atoms with Crippen LogP contribution in [0.15, 0.2) is 60.8 Å². The SMILES string of the molecule is CC/C=C/C=C/C=C/C=C/C=C/CCCC(=O)OC(COC(=O)CCCCCCCCCCCCCCCCCCCCC)CO[C@@H]1O[C@H](CO[C@@H]2O[C@H](CO)[C@H](O)C(O)C2O)[C@H](O)C(O)C1O. The largest absolute Gasteiger partial charge is 0.462 e. The van der Waals surface area contributed by atoms with Crippen molar-refractivity contribution in [3.05, 3.63) is 60.8 Å². The molecule has 0 amide bonds. The molecule has 0 saturated carbocycles. The lowest BCUT2D eigenvalue weighted by molar-refractivity contribution is -0.332. The molecule has 68 heavy (non-hydrogen) atoms. The number of unbranched alkanes of at least 4 members (excludes halogenated alkanes) is 19. The van der Waals surface area contributed by atoms with Crippen molar-refractivity contribution in [2.45, 2.75) is 235 Å². The van der Waals surface area contributed by atoms with Crippen molar-refractivity contribution in [3.63, 3.8) is 0 Å². The van der Waals surface area contributed by atoms with Crippen LogP contribution in [0, 0.1) is 0 Å². The number of hydrogen-bond donors (Lipinski definition) is 7. The topological polar surface area (TPSA) is 231 Å². The molecular weight excluding hydrogens is 877 g/mol. The van der Waals surface area contributed by atoms with Crippen LogP contribution in [-0.2, 0) is 38.0 Å². The smallest absolute Gasteiger partial charge is 0.306 e. The van der Waals surface area contributed by atoms with Gasteiger partial charge in [0.2, 0.25) is 0 Å². The number of ether oxygens (including phenoxy) is 6. The summed E-state index contributed by atoms with van der Waals surface area (Å²) < 4.78 is 33.5. The first-order valence-corrected chi connectivity index (χ1v) is 25.9. The van der Waals surface area contributed by atoms with E-state index in [0.717, 1.165) is 25.7 Å². The second-order valence-electron chi connectivity index (χ2n) is 18.1. The second-order valence-corrected chi connectivity index (χ2v) is 18.1. The van der Waals surface area contributed by atoms with Gasteiger partial charge in [-0.2, -0.15) is 0 Å². The lowest BCUT2D eigenvalue weighted by atomic mass is 9.98. The molecule has 392 valence electrons. The molecule has 2 heterocycles. The van der Waals surface area contributed by atoms with Gasteiger partial charge in [0, 0.05) is 12.8 Å². The Kier molecular flexibility index (Phi) is 36.0. The molecule has 2 aliphatic heterocycles. The average molecular weight is 967 g/mol. The van der Waals surface area contributed by atoms with E-state index in [1.165, 1.54) is 96.3 Å². The van der Waals surface area contributed by atoms with Gasteiger partial charge < -0.3 is 64.2 Å². The molecule has 5 unspecified atom stereocenters. The van der Waals surface area contributed by atoms with Gasteiger partial charge in [-0.15, -0.1) is 0 Å². The van der Waals surface area contributed by atoms with E-state index in [9.17, 15) is 45.3 Å². The van der Waals surface area contributed by atoms with E-state index in [1.54, 1.807) is 0 Å². The van der Waals surface area contributed by atoms with Gasteiger partial charge in [-0.05, 0) is 25.7 Å². The maximum absolute atomic E-state index is 12.9. The van der Waals surface area contributed by atoms with E-state index in [-0.39, 0.29) is 19.4 Å². The predicted molar refractivity (Wildman–Crippen MR) is 261 cm³/mol. The molecule has 2 aliphatic rings. The van der Waals surface area contributed by atoms with Crippen LogP contribution in [0.1, 0.15) is 168 Å². The minimum atomic E-state index is -1.78. The average Bonchev–Trinajstić information content (AvgIpc) is 3.33. The molecule has 2 fully saturated rings. The number of esters is 2. The Morgan fingerprint density at radius 1 is 0.485 bits per heavy atom. The number of allylic oxidation sites excluding steroid dienone is 10. The third kappa shape index (κ3) is 27.6. The first kappa shape index (κ1) is 61.3. The summed E-state index contributed by atoms with van der Waals surface area (Å²) in [7, 11) is 0. The zero-order valence-electron chi connectivity index (χ0n) is 41.3. The Morgan fingerprint density at radius 3 is 1.44 bits per heavy atom. The zero-order chi connectivity index (χ0) is 49.6. The first-order valence-electron chi connectivity index (χ1n) is 25.9. The summed E-state index contributed by atoms with van der Waals surface area (Å²) in [4.78, 5) is 25.7. The van der Waals surface area contributed by atoms with Crippen molar-refractivity contribution in [3.8, 4) is 0 Å². The van der Waals surface area contributed by atoms with E-state index >= 15 is 0 Å². The molecule has 15 nitrogen and oxygen atoms in total. The second kappa shape index (κ2) is 39.9. The highest BCUT2D eigenvalue weighted by atomic mass is 16.7. The molecule has 7 N–H and O–H groups in total. The van der Waals surface area contributed by atoms with Crippen LogP contribution in [0.5, 0.6) is 0 Å². The lowest BCUT2D eigenvalue weighted by Gasteiger charge is -2.42. The zero-order valence-corrected chi connectivity index (χ0v) is 41.3. The van der Waals surface area contributed by atoms with Crippen molar-refractivity contribution < 1.29 is 73.8 Å². The third-order valence-electron chi connectivity index (χ3n) is 12.1. The van der Waals surface area contributed by atoms with Gasteiger partial charge in [-0.1, -0.05) is 190 Å². The van der Waals surface area contributed by atoms with E-state index in [0.29, 0.717) is 19.3 Å². The van der Waals surface area contributed by atoms with E-state index in [2.05, 4.69) is 19.9 Å². The van der Waals surface area contributed by atoms with Crippen molar-refractivity contribution in [1.82, 2.24) is 0 Å². The number of carbonyl (C=O) groups excluding carboxylic acids is 2. The monoisotopic (exact) mass is 967 g/mol. The highest BCUT2D eigenvalue weighted by molar-refractivity contribution is 5.70. The summed E-state index contributed by atoms with van der Waals surface area (Å²) >= 11 is 0. The van der Waals surface area contributed by atoms with Gasteiger partial charge >= 0.3 is 11.9 Å². The van der Waals surface area contributed by atoms with Crippen LogP contribution >= 0.6 is 0 Å². The Bertz CT molecular complexity index is 1420. The fraction of sp³-hybridized carbons (Fsp3) is 0.774. The van der Waals surface area contributed by atoms with Gasteiger partial charge in [0.05, 0.1) is 19.8 Å². The summed E-state index contributed by atoms with van der Waals surface area (Å²) in [6, 6.07) is 0. The van der Waals surface area contributed by atoms with Crippen LogP contribution in [-0.4, -0.2) is 142 Å². The molecule has 0 aliphatic carbocycles. The number of hydrogen-bond acceptors (Lipinski definition) is 15. The van der Waals surface area contributed by atoms with Crippen molar-refractivity contribution in [2.24, 2.45) is 0 Å². The summed E-state index contributed by atoms with van der Waals surface area (Å²) in [6.07, 6.45) is 28.4. The highest BCUT2D eigenvalue weighted by Crippen LogP contribution is 2.26. The van der Waals surface area contributed by atoms with Crippen molar-refractivity contribution >= 4 is 11.9 Å². The molecule has 11 atom stereocenters. The highest BCUT2D eigenvalue weighted by Gasteiger charge is 2.47. The number of aliphatic hydroxyl groups excluding tert-OH is 7. The fourth-order valence-corrected chi connectivity index (χ4v) is 7.89. The van der Waals surface area contributed by atoms with Gasteiger partial charge in [-0.25, -0.2) is 0 Å². The Hall–Kier alpha value is -2.80. The summed E-state index contributed by atoms with van der Waals surface area (Å²) in [5.74, 6) is -1.01. The Balaban J connectivity index is 1.80. The molecule has 2 rings (SSSR count). The number of aliphatic hydroxyl groups is 7. The number of carbonyl (C=O) groups is 2. The van der Waals surface area contributed by atoms with Crippen LogP contribution in [0.25, 0.3) is 0 Å². The lowest BCUT2D eigenvalue weighted by Crippen LogP contribution is -2.61. The van der Waals surface area contributed by atoms with Crippen LogP contribution < -0.4 is 0 Å². The quantitative estimate of drug-likeness (QED) is 0.0183. The molecule has 0 radical (unpaired) electrons. The third-order valence-corrected chi connectivity index (χ3v) is 12.1. The fourth-order valence-electron chi connectivity index (χ4n) is 7.89. The standard InChI is InChI=1S/C53H90O15/c1-3-5-7-9-11-13-15-17-18-19-20-21-22-24-25-27-29-31-33-35-44(55)63-38-41(66-45(56)36-34-32-30-28-26-23-16-14-12-10-8-6-4-2)39-64-52-51(62)49(60)47(58)43(68-52)40-65-53-50(61)48(59)46(57)42(37-54)67-53/h6,8,10,12,14,16,23,26,28,30,41-43,46-54,57-62H,3-5,7,9,11,13,15,17-22,24-25,27,29,31-40H2,1-2H3/b8-6+,12-10+,16-14+,26-23+,30-28+/t41?,42-,43-,46+,47+,48?,49?,50?,51?,52-,53-/m1/s1. The maximum Gasteiger partial charge on any atom is 0.306 e. The molecular formula is C53H90O15. The molecule has 15 heteroatoms. The van der Waals surface area contributed by atoms with Crippen LogP contribution in [0.3, 0.4) is 0 Å². The van der Waals surface area contributed by atoms with Gasteiger partial charge in [-0.3, -0.25) is 9.59 Å². The van der Waals surface area contributed by atoms with E-state index < -0.39 is 99.3 Å².